The summed E-state index contributed by atoms with van der Waals surface area (Å²) in [5.41, 5.74) is 4.74. The molecule has 2 heterocycles. The number of hydrogen-bond donors (Lipinski definition) is 0. The summed E-state index contributed by atoms with van der Waals surface area (Å²) < 4.78 is 13.4. The standard InChI is InChI=1S/C28H21Cl3N4O2/c1-16-24(26-32-33-27(37-26)28(13-14-28)18-5-10-21(36-2)11-6-18)34-35(23-12-9-20(30)15-22(23)31)25(16)17-3-7-19(29)8-4-17/h3-12,15H,13-14H2,1-2H3. The van der Waals surface area contributed by atoms with Crippen molar-refractivity contribution in [2.75, 3.05) is 7.11 Å². The Morgan fingerprint density at radius 2 is 1.59 bits per heavy atom. The zero-order valence-corrected chi connectivity index (χ0v) is 22.3. The lowest BCUT2D eigenvalue weighted by molar-refractivity contribution is 0.414. The fourth-order valence-corrected chi connectivity index (χ4v) is 5.26. The highest BCUT2D eigenvalue weighted by atomic mass is 35.5. The van der Waals surface area contributed by atoms with Gasteiger partial charge in [-0.2, -0.15) is 5.10 Å². The molecule has 186 valence electrons. The van der Waals surface area contributed by atoms with Crippen molar-refractivity contribution in [1.82, 2.24) is 20.0 Å². The lowest BCUT2D eigenvalue weighted by Gasteiger charge is -2.11. The van der Waals surface area contributed by atoms with E-state index in [-0.39, 0.29) is 5.41 Å². The smallest absolute Gasteiger partial charge is 0.268 e. The van der Waals surface area contributed by atoms with E-state index in [0.29, 0.717) is 38.2 Å². The van der Waals surface area contributed by atoms with Gasteiger partial charge in [0.05, 0.1) is 28.9 Å². The average Bonchev–Trinajstić information content (AvgIpc) is 3.43. The molecule has 0 radical (unpaired) electrons. The third-order valence-corrected chi connectivity index (χ3v) is 7.60. The fourth-order valence-electron chi connectivity index (χ4n) is 4.65. The van der Waals surface area contributed by atoms with Crippen LogP contribution in [-0.4, -0.2) is 27.1 Å². The van der Waals surface area contributed by atoms with Crippen LogP contribution in [0, 0.1) is 6.92 Å². The molecule has 1 aliphatic carbocycles. The molecule has 37 heavy (non-hydrogen) atoms. The molecule has 0 spiro atoms. The van der Waals surface area contributed by atoms with Crippen LogP contribution in [0.1, 0.15) is 29.9 Å². The lowest BCUT2D eigenvalue weighted by atomic mass is 9.96. The molecule has 5 aromatic rings. The van der Waals surface area contributed by atoms with Gasteiger partial charge in [0, 0.05) is 21.2 Å². The van der Waals surface area contributed by atoms with Gasteiger partial charge in [-0.1, -0.05) is 59.1 Å². The van der Waals surface area contributed by atoms with Gasteiger partial charge >= 0.3 is 0 Å². The monoisotopic (exact) mass is 550 g/mol. The highest BCUT2D eigenvalue weighted by molar-refractivity contribution is 6.35. The van der Waals surface area contributed by atoms with Crippen molar-refractivity contribution in [3.05, 3.63) is 98.8 Å². The van der Waals surface area contributed by atoms with E-state index in [1.54, 1.807) is 23.9 Å². The van der Waals surface area contributed by atoms with Crippen LogP contribution < -0.4 is 4.74 Å². The Balaban J connectivity index is 1.46. The number of hydrogen-bond acceptors (Lipinski definition) is 5. The van der Waals surface area contributed by atoms with Gasteiger partial charge in [0.1, 0.15) is 5.75 Å². The molecule has 0 amide bonds. The van der Waals surface area contributed by atoms with Crippen LogP contribution in [0.25, 0.3) is 28.5 Å². The van der Waals surface area contributed by atoms with Crippen LogP contribution >= 0.6 is 34.8 Å². The molecular weight excluding hydrogens is 531 g/mol. The Morgan fingerprint density at radius 3 is 2.24 bits per heavy atom. The van der Waals surface area contributed by atoms with Crippen molar-refractivity contribution in [2.24, 2.45) is 0 Å². The van der Waals surface area contributed by atoms with Gasteiger partial charge in [0.2, 0.25) is 5.89 Å². The highest BCUT2D eigenvalue weighted by Crippen LogP contribution is 2.53. The summed E-state index contributed by atoms with van der Waals surface area (Å²) in [4.78, 5) is 0. The Bertz CT molecular complexity index is 1600. The first-order valence-corrected chi connectivity index (χ1v) is 12.8. The Labute approximate surface area is 228 Å². The van der Waals surface area contributed by atoms with Gasteiger partial charge in [0.25, 0.3) is 5.89 Å². The number of aromatic nitrogens is 4. The van der Waals surface area contributed by atoms with Crippen LogP contribution in [0.15, 0.2) is 71.1 Å². The topological polar surface area (TPSA) is 66.0 Å². The maximum Gasteiger partial charge on any atom is 0.268 e. The molecule has 0 atom stereocenters. The summed E-state index contributed by atoms with van der Waals surface area (Å²) in [6.45, 7) is 1.98. The zero-order chi connectivity index (χ0) is 25.7. The van der Waals surface area contributed by atoms with Gasteiger partial charge in [0.15, 0.2) is 5.69 Å². The predicted molar refractivity (Wildman–Crippen MR) is 145 cm³/mol. The molecule has 6 rings (SSSR count). The lowest BCUT2D eigenvalue weighted by Crippen LogP contribution is -2.09. The molecule has 0 unspecified atom stereocenters. The van der Waals surface area contributed by atoms with Gasteiger partial charge in [-0.15, -0.1) is 10.2 Å². The van der Waals surface area contributed by atoms with Gasteiger partial charge in [-0.25, -0.2) is 4.68 Å². The first-order valence-electron chi connectivity index (χ1n) is 11.7. The Morgan fingerprint density at radius 1 is 0.892 bits per heavy atom. The minimum atomic E-state index is -0.285. The van der Waals surface area contributed by atoms with Crippen LogP contribution in [0.2, 0.25) is 15.1 Å². The number of rotatable bonds is 6. The SMILES string of the molecule is COc1ccc(C2(c3nnc(-c4nn(-c5ccc(Cl)cc5Cl)c(-c5ccc(Cl)cc5)c4C)o3)CC2)cc1. The minimum Gasteiger partial charge on any atom is -0.497 e. The van der Waals surface area contributed by atoms with Gasteiger partial charge < -0.3 is 9.15 Å². The fraction of sp³-hybridized carbons (Fsp3) is 0.179. The van der Waals surface area contributed by atoms with Gasteiger partial charge in [-0.05, 0) is 67.8 Å². The maximum atomic E-state index is 6.59. The summed E-state index contributed by atoms with van der Waals surface area (Å²) in [7, 11) is 1.66. The molecule has 6 nitrogen and oxygen atoms in total. The molecule has 0 N–H and O–H groups in total. The van der Waals surface area contributed by atoms with E-state index in [9.17, 15) is 0 Å². The van der Waals surface area contributed by atoms with E-state index >= 15 is 0 Å². The van der Waals surface area contributed by atoms with E-state index in [1.807, 2.05) is 49.4 Å². The number of methoxy groups -OCH3 is 1. The summed E-state index contributed by atoms with van der Waals surface area (Å²) in [6, 6.07) is 20.9. The Kier molecular flexibility index (Phi) is 5.98. The van der Waals surface area contributed by atoms with E-state index in [0.717, 1.165) is 41.0 Å². The second-order valence-corrected chi connectivity index (χ2v) is 10.3. The zero-order valence-electron chi connectivity index (χ0n) is 20.0. The van der Waals surface area contributed by atoms with Crippen molar-refractivity contribution < 1.29 is 9.15 Å². The predicted octanol–water partition coefficient (Wildman–Crippen LogP) is 7.95. The van der Waals surface area contributed by atoms with Crippen molar-refractivity contribution in [1.29, 1.82) is 0 Å². The summed E-state index contributed by atoms with van der Waals surface area (Å²) in [5, 5.41) is 15.4. The number of halogens is 3. The molecule has 0 aliphatic heterocycles. The molecule has 1 aliphatic rings. The normalized spacial score (nSPS) is 14.1. The third kappa shape index (κ3) is 4.19. The first-order chi connectivity index (χ1) is 17.9. The van der Waals surface area contributed by atoms with E-state index in [4.69, 9.17) is 49.1 Å². The molecule has 1 fully saturated rings. The molecule has 0 saturated heterocycles. The van der Waals surface area contributed by atoms with Crippen LogP contribution in [0.5, 0.6) is 5.75 Å². The molecule has 1 saturated carbocycles. The summed E-state index contributed by atoms with van der Waals surface area (Å²) in [6.07, 6.45) is 1.87. The molecule has 0 bridgehead atoms. The third-order valence-electron chi connectivity index (χ3n) is 6.81. The van der Waals surface area contributed by atoms with Crippen LogP contribution in [0.4, 0.5) is 0 Å². The van der Waals surface area contributed by atoms with E-state index in [2.05, 4.69) is 22.3 Å². The van der Waals surface area contributed by atoms with Crippen LogP contribution in [-0.2, 0) is 5.41 Å². The summed E-state index contributed by atoms with van der Waals surface area (Å²) in [5.74, 6) is 1.74. The van der Waals surface area contributed by atoms with Crippen molar-refractivity contribution in [3.8, 4) is 34.3 Å². The van der Waals surface area contributed by atoms with Crippen LogP contribution in [0.3, 0.4) is 0 Å². The molecular formula is C28H21Cl3N4O2. The molecule has 3 aromatic carbocycles. The largest absolute Gasteiger partial charge is 0.497 e. The van der Waals surface area contributed by atoms with Crippen molar-refractivity contribution >= 4 is 34.8 Å². The quantitative estimate of drug-likeness (QED) is 0.214. The second-order valence-electron chi connectivity index (χ2n) is 9.06. The molecule has 9 heteroatoms. The number of nitrogens with zero attached hydrogens (tertiary/aromatic N) is 4. The number of benzene rings is 3. The maximum absolute atomic E-state index is 6.59. The highest BCUT2D eigenvalue weighted by Gasteiger charge is 2.51. The first kappa shape index (κ1) is 24.0. The number of ether oxygens (including phenoxy) is 1. The van der Waals surface area contributed by atoms with Crippen molar-refractivity contribution in [2.45, 2.75) is 25.2 Å². The summed E-state index contributed by atoms with van der Waals surface area (Å²) >= 11 is 18.9. The van der Waals surface area contributed by atoms with Gasteiger partial charge in [-0.3, -0.25) is 0 Å². The molecule has 2 aromatic heterocycles. The van der Waals surface area contributed by atoms with E-state index in [1.165, 1.54) is 0 Å². The van der Waals surface area contributed by atoms with E-state index < -0.39 is 0 Å². The Hall–Kier alpha value is -3.32. The minimum absolute atomic E-state index is 0.285. The second kappa shape index (κ2) is 9.21. The average molecular weight is 552 g/mol. The van der Waals surface area contributed by atoms with Crippen molar-refractivity contribution in [3.63, 3.8) is 0 Å².